The number of rotatable bonds is 8. The number of hydroxylamine groups is 1. The van der Waals surface area contributed by atoms with Crippen LogP contribution in [-0.4, -0.2) is 73.7 Å². The summed E-state index contributed by atoms with van der Waals surface area (Å²) in [4.78, 5) is 25.7. The molecule has 1 atom stereocenters. The molecule has 1 N–H and O–H groups in total. The zero-order chi connectivity index (χ0) is 25.6. The van der Waals surface area contributed by atoms with Crippen LogP contribution in [0.2, 0.25) is 0 Å². The van der Waals surface area contributed by atoms with Crippen molar-refractivity contribution in [3.63, 3.8) is 0 Å². The van der Waals surface area contributed by atoms with E-state index in [1.165, 1.54) is 5.56 Å². The summed E-state index contributed by atoms with van der Waals surface area (Å²) in [6, 6.07) is 18.9. The lowest BCUT2D eigenvalue weighted by Gasteiger charge is -2.37. The Kier molecular flexibility index (Phi) is 8.31. The number of benzene rings is 2. The summed E-state index contributed by atoms with van der Waals surface area (Å²) in [6.07, 6.45) is 5.20. The average molecular weight is 505 g/mol. The summed E-state index contributed by atoms with van der Waals surface area (Å²) >= 11 is 0. The number of likely N-dealkylation sites (tertiary alicyclic amines) is 1. The lowest BCUT2D eigenvalue weighted by atomic mass is 9.90. The number of nitrogens with one attached hydrogen (secondary N) is 1. The Bertz CT molecular complexity index is 1060. The number of para-hydroxylation sites is 2. The summed E-state index contributed by atoms with van der Waals surface area (Å²) in [5, 5.41) is 0. The van der Waals surface area contributed by atoms with E-state index >= 15 is 0 Å². The Morgan fingerprint density at radius 2 is 1.68 bits per heavy atom. The zero-order valence-electron chi connectivity index (χ0n) is 22.1. The molecule has 0 radical (unpaired) electrons. The average Bonchev–Trinajstić information content (AvgIpc) is 3.38. The van der Waals surface area contributed by atoms with Crippen molar-refractivity contribution in [1.29, 1.82) is 0 Å². The molecule has 5 rings (SSSR count). The molecule has 7 nitrogen and oxygen atoms in total. The van der Waals surface area contributed by atoms with E-state index in [1.807, 2.05) is 17.0 Å². The number of carbonyl (C=O) groups excluding carboxylic acids is 1. The van der Waals surface area contributed by atoms with Gasteiger partial charge in [-0.05, 0) is 62.8 Å². The van der Waals surface area contributed by atoms with Crippen LogP contribution in [0.15, 0.2) is 66.4 Å². The van der Waals surface area contributed by atoms with E-state index in [9.17, 15) is 4.79 Å². The van der Waals surface area contributed by atoms with Gasteiger partial charge in [0.15, 0.2) is 0 Å². The predicted octanol–water partition coefficient (Wildman–Crippen LogP) is 3.86. The van der Waals surface area contributed by atoms with Gasteiger partial charge in [-0.2, -0.15) is 0 Å². The highest BCUT2D eigenvalue weighted by Gasteiger charge is 2.30. The smallest absolute Gasteiger partial charge is 0.271 e. The minimum Gasteiger partial charge on any atom is -0.489 e. The largest absolute Gasteiger partial charge is 0.489 e. The van der Waals surface area contributed by atoms with Crippen molar-refractivity contribution in [3.8, 4) is 5.75 Å². The van der Waals surface area contributed by atoms with Crippen LogP contribution in [0.1, 0.15) is 32.3 Å². The van der Waals surface area contributed by atoms with Crippen LogP contribution in [0.3, 0.4) is 0 Å². The van der Waals surface area contributed by atoms with E-state index in [0.29, 0.717) is 11.6 Å². The summed E-state index contributed by atoms with van der Waals surface area (Å²) < 4.78 is 6.02. The fourth-order valence-corrected chi connectivity index (χ4v) is 5.55. The van der Waals surface area contributed by atoms with Crippen molar-refractivity contribution in [3.05, 3.63) is 71.9 Å². The summed E-state index contributed by atoms with van der Waals surface area (Å²) in [7, 11) is 0. The molecule has 3 heterocycles. The molecule has 3 aliphatic rings. The molecule has 2 aromatic rings. The van der Waals surface area contributed by atoms with Crippen LogP contribution in [0.25, 0.3) is 0 Å². The number of hydrogen-bond acceptors (Lipinski definition) is 6. The number of hydrogen-bond donors (Lipinski definition) is 1. The molecule has 0 aromatic heterocycles. The Morgan fingerprint density at radius 3 is 2.41 bits per heavy atom. The topological polar surface area (TPSA) is 57.3 Å². The van der Waals surface area contributed by atoms with Gasteiger partial charge in [0.25, 0.3) is 5.91 Å². The minimum atomic E-state index is -0.113. The summed E-state index contributed by atoms with van der Waals surface area (Å²) in [6.45, 7) is 10.3. The Hall–Kier alpha value is -3.03. The van der Waals surface area contributed by atoms with Gasteiger partial charge in [-0.1, -0.05) is 42.5 Å². The van der Waals surface area contributed by atoms with Gasteiger partial charge in [-0.15, -0.1) is 0 Å². The van der Waals surface area contributed by atoms with Crippen LogP contribution >= 0.6 is 0 Å². The van der Waals surface area contributed by atoms with Crippen LogP contribution < -0.4 is 15.1 Å². The zero-order valence-corrected chi connectivity index (χ0v) is 22.1. The monoisotopic (exact) mass is 504 g/mol. The van der Waals surface area contributed by atoms with Crippen molar-refractivity contribution in [2.24, 2.45) is 5.92 Å². The van der Waals surface area contributed by atoms with Crippen LogP contribution in [0.4, 0.5) is 5.69 Å². The molecule has 1 amide bonds. The van der Waals surface area contributed by atoms with Gasteiger partial charge < -0.3 is 14.5 Å². The number of ether oxygens (including phenoxy) is 1. The molecule has 0 bridgehead atoms. The Balaban J connectivity index is 1.07. The predicted molar refractivity (Wildman–Crippen MR) is 146 cm³/mol. The lowest BCUT2D eigenvalue weighted by molar-refractivity contribution is -0.130. The van der Waals surface area contributed by atoms with Crippen LogP contribution in [0, 0.1) is 5.92 Å². The molecule has 0 aliphatic carbocycles. The van der Waals surface area contributed by atoms with Gasteiger partial charge in [-0.3, -0.25) is 20.0 Å². The second-order valence-corrected chi connectivity index (χ2v) is 10.7. The number of carbonyl (C=O) groups is 1. The maximum absolute atomic E-state index is 13.1. The summed E-state index contributed by atoms with van der Waals surface area (Å²) in [5.74, 6) is 1.65. The second-order valence-electron chi connectivity index (χ2n) is 10.7. The van der Waals surface area contributed by atoms with Crippen LogP contribution in [0.5, 0.6) is 5.75 Å². The van der Waals surface area contributed by atoms with E-state index in [2.05, 4.69) is 77.7 Å². The van der Waals surface area contributed by atoms with Gasteiger partial charge in [0.1, 0.15) is 17.6 Å². The van der Waals surface area contributed by atoms with Gasteiger partial charge in [-0.25, -0.2) is 0 Å². The van der Waals surface area contributed by atoms with Gasteiger partial charge >= 0.3 is 0 Å². The van der Waals surface area contributed by atoms with Gasteiger partial charge in [0.2, 0.25) is 0 Å². The maximum Gasteiger partial charge on any atom is 0.271 e. The molecule has 198 valence electrons. The van der Waals surface area contributed by atoms with Crippen molar-refractivity contribution in [2.45, 2.75) is 45.3 Å². The first-order valence-electron chi connectivity index (χ1n) is 13.7. The van der Waals surface area contributed by atoms with E-state index < -0.39 is 0 Å². The Labute approximate surface area is 221 Å². The van der Waals surface area contributed by atoms with Gasteiger partial charge in [0, 0.05) is 45.8 Å². The van der Waals surface area contributed by atoms with Crippen molar-refractivity contribution in [2.75, 3.05) is 50.7 Å². The lowest BCUT2D eigenvalue weighted by Crippen LogP contribution is -2.48. The highest BCUT2D eigenvalue weighted by molar-refractivity contribution is 5.93. The minimum absolute atomic E-state index is 0.0623. The van der Waals surface area contributed by atoms with Gasteiger partial charge in [0.05, 0.1) is 11.8 Å². The third-order valence-corrected chi connectivity index (χ3v) is 7.55. The molecule has 7 heteroatoms. The highest BCUT2D eigenvalue weighted by Crippen LogP contribution is 2.30. The standard InChI is InChI=1S/C30H40N4O3/c1-23(2)36-29-11-7-6-10-28(29)33-18-16-32(17-19-33)22-26-21-27(31-37-26)30(35)34-14-12-25(13-15-34)20-24-8-4-3-5-9-24/h3-11,21,23,25-26,31H,12-20,22H2,1-2H3. The number of nitrogens with zero attached hydrogens (tertiary/aromatic N) is 3. The van der Waals surface area contributed by atoms with Crippen molar-refractivity contribution >= 4 is 11.6 Å². The first-order valence-corrected chi connectivity index (χ1v) is 13.7. The van der Waals surface area contributed by atoms with E-state index in [1.54, 1.807) is 0 Å². The molecule has 3 aliphatic heterocycles. The molecule has 2 aromatic carbocycles. The molecule has 0 spiro atoms. The van der Waals surface area contributed by atoms with Crippen molar-refractivity contribution in [1.82, 2.24) is 15.3 Å². The number of piperidine rings is 1. The normalized spacial score (nSPS) is 21.2. The molecule has 2 fully saturated rings. The molecule has 0 saturated carbocycles. The number of amides is 1. The van der Waals surface area contributed by atoms with E-state index in [4.69, 9.17) is 9.57 Å². The molecule has 1 unspecified atom stereocenters. The van der Waals surface area contributed by atoms with Crippen LogP contribution in [-0.2, 0) is 16.1 Å². The summed E-state index contributed by atoms with van der Waals surface area (Å²) in [5.41, 5.74) is 6.06. The SMILES string of the molecule is CC(C)Oc1ccccc1N1CCN(CC2C=C(C(=O)N3CCC(Cc4ccccc4)CC3)NO2)CC1. The number of piperazine rings is 1. The third-order valence-electron chi connectivity index (χ3n) is 7.55. The number of anilines is 1. The second kappa shape index (κ2) is 12.0. The first-order chi connectivity index (χ1) is 18.0. The molecular formula is C30H40N4O3. The maximum atomic E-state index is 13.1. The van der Waals surface area contributed by atoms with Crippen molar-refractivity contribution < 1.29 is 14.4 Å². The Morgan fingerprint density at radius 1 is 0.973 bits per heavy atom. The molecule has 37 heavy (non-hydrogen) atoms. The fraction of sp³-hybridized carbons (Fsp3) is 0.500. The molecule has 2 saturated heterocycles. The van der Waals surface area contributed by atoms with E-state index in [-0.39, 0.29) is 18.1 Å². The third kappa shape index (κ3) is 6.65. The van der Waals surface area contributed by atoms with E-state index in [0.717, 1.165) is 76.5 Å². The molecular weight excluding hydrogens is 464 g/mol. The highest BCUT2D eigenvalue weighted by atomic mass is 16.7. The fourth-order valence-electron chi connectivity index (χ4n) is 5.55. The quantitative estimate of drug-likeness (QED) is 0.589. The first kappa shape index (κ1) is 25.6.